The molecule has 1 amide bonds. The highest BCUT2D eigenvalue weighted by molar-refractivity contribution is 6.31. The number of hydrogen-bond donors (Lipinski definition) is 0. The van der Waals surface area contributed by atoms with Gasteiger partial charge in [-0.15, -0.1) is 0 Å². The number of carbonyl (C=O) groups is 1. The molecular formula is C21H23ClFN3O5. The first-order chi connectivity index (χ1) is 14.8. The lowest BCUT2D eigenvalue weighted by Crippen LogP contribution is -2.48. The SMILES string of the molecule is CCOc1cc(C(=O)N2CCN(Cc3ccc(F)cc3Cl)CC2)c([N+](=O)[O-])cc1OC. The molecule has 166 valence electrons. The third-order valence-corrected chi connectivity index (χ3v) is 5.43. The van der Waals surface area contributed by atoms with Crippen LogP contribution in [0.5, 0.6) is 11.5 Å². The average molecular weight is 452 g/mol. The highest BCUT2D eigenvalue weighted by atomic mass is 35.5. The Labute approximate surface area is 184 Å². The minimum atomic E-state index is -0.599. The fraction of sp³-hybridized carbons (Fsp3) is 0.381. The first-order valence-corrected chi connectivity index (χ1v) is 10.2. The summed E-state index contributed by atoms with van der Waals surface area (Å²) < 4.78 is 23.9. The van der Waals surface area contributed by atoms with Crippen molar-refractivity contribution >= 4 is 23.2 Å². The lowest BCUT2D eigenvalue weighted by molar-refractivity contribution is -0.385. The van der Waals surface area contributed by atoms with Gasteiger partial charge in [0.05, 0.1) is 24.7 Å². The second-order valence-corrected chi connectivity index (χ2v) is 7.42. The van der Waals surface area contributed by atoms with Crippen LogP contribution < -0.4 is 9.47 Å². The van der Waals surface area contributed by atoms with Crippen molar-refractivity contribution in [3.05, 3.63) is 62.4 Å². The predicted octanol–water partition coefficient (Wildman–Crippen LogP) is 3.75. The number of carbonyl (C=O) groups excluding carboxylic acids is 1. The summed E-state index contributed by atoms with van der Waals surface area (Å²) in [5.41, 5.74) is 0.435. The highest BCUT2D eigenvalue weighted by Crippen LogP contribution is 2.35. The molecule has 1 aliphatic rings. The van der Waals surface area contributed by atoms with Crippen molar-refractivity contribution in [3.63, 3.8) is 0 Å². The first-order valence-electron chi connectivity index (χ1n) is 9.78. The summed E-state index contributed by atoms with van der Waals surface area (Å²) in [4.78, 5) is 27.7. The number of halogens is 2. The van der Waals surface area contributed by atoms with E-state index in [9.17, 15) is 19.3 Å². The molecule has 0 unspecified atom stereocenters. The number of ether oxygens (including phenoxy) is 2. The van der Waals surface area contributed by atoms with Crippen molar-refractivity contribution < 1.29 is 23.6 Å². The summed E-state index contributed by atoms with van der Waals surface area (Å²) in [7, 11) is 1.38. The van der Waals surface area contributed by atoms with Crippen LogP contribution in [-0.2, 0) is 6.54 Å². The summed E-state index contributed by atoms with van der Waals surface area (Å²) in [5.74, 6) is -0.346. The molecule has 10 heteroatoms. The van der Waals surface area contributed by atoms with Gasteiger partial charge in [-0.3, -0.25) is 19.8 Å². The standard InChI is InChI=1S/C21H23ClFN3O5/c1-3-31-20-11-16(18(26(28)29)12-19(20)30-2)21(27)25-8-6-24(7-9-25)13-14-4-5-15(23)10-17(14)22/h4-5,10-12H,3,6-9,13H2,1-2H3. The summed E-state index contributed by atoms with van der Waals surface area (Å²) in [6, 6.07) is 6.86. The van der Waals surface area contributed by atoms with E-state index in [0.717, 1.165) is 5.56 Å². The molecule has 1 saturated heterocycles. The summed E-state index contributed by atoms with van der Waals surface area (Å²) >= 11 is 6.10. The molecule has 1 heterocycles. The van der Waals surface area contributed by atoms with Crippen molar-refractivity contribution in [1.29, 1.82) is 0 Å². The van der Waals surface area contributed by atoms with Crippen LogP contribution in [0.2, 0.25) is 5.02 Å². The minimum Gasteiger partial charge on any atom is -0.493 e. The number of hydrogen-bond acceptors (Lipinski definition) is 6. The van der Waals surface area contributed by atoms with Gasteiger partial charge in [-0.1, -0.05) is 17.7 Å². The number of nitro benzene ring substituents is 1. The maximum absolute atomic E-state index is 13.2. The molecule has 3 rings (SSSR count). The van der Waals surface area contributed by atoms with Crippen molar-refractivity contribution in [2.45, 2.75) is 13.5 Å². The fourth-order valence-corrected chi connectivity index (χ4v) is 3.70. The number of methoxy groups -OCH3 is 1. The van der Waals surface area contributed by atoms with E-state index >= 15 is 0 Å². The Morgan fingerprint density at radius 1 is 1.19 bits per heavy atom. The largest absolute Gasteiger partial charge is 0.493 e. The number of amides is 1. The lowest BCUT2D eigenvalue weighted by Gasteiger charge is -2.35. The molecule has 31 heavy (non-hydrogen) atoms. The Balaban J connectivity index is 1.74. The van der Waals surface area contributed by atoms with Crippen LogP contribution in [0, 0.1) is 15.9 Å². The fourth-order valence-electron chi connectivity index (χ4n) is 3.47. The van der Waals surface area contributed by atoms with Gasteiger partial charge < -0.3 is 14.4 Å². The quantitative estimate of drug-likeness (QED) is 0.470. The third kappa shape index (κ3) is 5.23. The zero-order valence-corrected chi connectivity index (χ0v) is 18.0. The van der Waals surface area contributed by atoms with Gasteiger partial charge in [-0.25, -0.2) is 4.39 Å². The number of piperazine rings is 1. The van der Waals surface area contributed by atoms with Crippen LogP contribution in [0.15, 0.2) is 30.3 Å². The Bertz CT molecular complexity index is 980. The Morgan fingerprint density at radius 2 is 1.90 bits per heavy atom. The van der Waals surface area contributed by atoms with Gasteiger partial charge in [0, 0.05) is 43.8 Å². The minimum absolute atomic E-state index is 0.0377. The number of benzene rings is 2. The number of nitrogens with zero attached hydrogens (tertiary/aromatic N) is 3. The van der Waals surface area contributed by atoms with E-state index in [-0.39, 0.29) is 22.7 Å². The highest BCUT2D eigenvalue weighted by Gasteiger charge is 2.30. The van der Waals surface area contributed by atoms with E-state index in [1.165, 1.54) is 31.4 Å². The Kier molecular flexibility index (Phi) is 7.29. The summed E-state index contributed by atoms with van der Waals surface area (Å²) in [6.45, 7) is 4.53. The molecule has 0 radical (unpaired) electrons. The molecule has 8 nitrogen and oxygen atoms in total. The number of rotatable bonds is 7. The second-order valence-electron chi connectivity index (χ2n) is 7.01. The van der Waals surface area contributed by atoms with Crippen molar-refractivity contribution in [1.82, 2.24) is 9.80 Å². The Morgan fingerprint density at radius 3 is 2.48 bits per heavy atom. The van der Waals surface area contributed by atoms with Crippen LogP contribution in [0.4, 0.5) is 10.1 Å². The average Bonchev–Trinajstić information content (AvgIpc) is 2.75. The molecule has 1 aliphatic heterocycles. The van der Waals surface area contributed by atoms with Gasteiger partial charge in [0.25, 0.3) is 11.6 Å². The molecule has 0 aliphatic carbocycles. The molecule has 0 atom stereocenters. The molecule has 2 aromatic carbocycles. The van der Waals surface area contributed by atoms with E-state index in [1.807, 2.05) is 0 Å². The van der Waals surface area contributed by atoms with Gasteiger partial charge in [0.15, 0.2) is 11.5 Å². The van der Waals surface area contributed by atoms with Gasteiger partial charge >= 0.3 is 0 Å². The zero-order valence-electron chi connectivity index (χ0n) is 17.3. The van der Waals surface area contributed by atoms with E-state index in [1.54, 1.807) is 17.9 Å². The van der Waals surface area contributed by atoms with E-state index in [0.29, 0.717) is 44.4 Å². The first kappa shape index (κ1) is 22.8. The van der Waals surface area contributed by atoms with Gasteiger partial charge in [0.1, 0.15) is 11.4 Å². The summed E-state index contributed by atoms with van der Waals surface area (Å²) in [6.07, 6.45) is 0. The normalized spacial score (nSPS) is 14.4. The van der Waals surface area contributed by atoms with E-state index < -0.39 is 16.6 Å². The molecule has 0 bridgehead atoms. The second kappa shape index (κ2) is 9.93. The lowest BCUT2D eigenvalue weighted by atomic mass is 10.1. The molecule has 0 N–H and O–H groups in total. The van der Waals surface area contributed by atoms with E-state index in [4.69, 9.17) is 21.1 Å². The van der Waals surface area contributed by atoms with Crippen LogP contribution in [-0.4, -0.2) is 60.5 Å². The molecule has 0 spiro atoms. The predicted molar refractivity (Wildman–Crippen MR) is 113 cm³/mol. The molecule has 2 aromatic rings. The molecular weight excluding hydrogens is 429 g/mol. The Hall–Kier alpha value is -2.91. The van der Waals surface area contributed by atoms with Crippen LogP contribution in [0.3, 0.4) is 0 Å². The van der Waals surface area contributed by atoms with Crippen LogP contribution in [0.1, 0.15) is 22.8 Å². The maximum atomic E-state index is 13.2. The van der Waals surface area contributed by atoms with Gasteiger partial charge in [-0.2, -0.15) is 0 Å². The topological polar surface area (TPSA) is 85.2 Å². The molecule has 0 saturated carbocycles. The van der Waals surface area contributed by atoms with Crippen LogP contribution >= 0.6 is 11.6 Å². The zero-order chi connectivity index (χ0) is 22.5. The van der Waals surface area contributed by atoms with Gasteiger partial charge in [-0.05, 0) is 24.6 Å². The van der Waals surface area contributed by atoms with Crippen LogP contribution in [0.25, 0.3) is 0 Å². The van der Waals surface area contributed by atoms with Crippen molar-refractivity contribution in [3.8, 4) is 11.5 Å². The molecule has 0 aromatic heterocycles. The monoisotopic (exact) mass is 451 g/mol. The van der Waals surface area contributed by atoms with Crippen molar-refractivity contribution in [2.75, 3.05) is 39.9 Å². The van der Waals surface area contributed by atoms with Gasteiger partial charge in [0.2, 0.25) is 0 Å². The third-order valence-electron chi connectivity index (χ3n) is 5.08. The van der Waals surface area contributed by atoms with E-state index in [2.05, 4.69) is 4.90 Å². The maximum Gasteiger partial charge on any atom is 0.286 e. The van der Waals surface area contributed by atoms with Crippen molar-refractivity contribution in [2.24, 2.45) is 0 Å². The summed E-state index contributed by atoms with van der Waals surface area (Å²) in [5, 5.41) is 11.9. The molecule has 1 fully saturated rings. The smallest absolute Gasteiger partial charge is 0.286 e. The number of nitro groups is 1.